The highest BCUT2D eigenvalue weighted by atomic mass is 35.5. The third-order valence-corrected chi connectivity index (χ3v) is 5.17. The lowest BCUT2D eigenvalue weighted by atomic mass is 10.4. The van der Waals surface area contributed by atoms with E-state index in [2.05, 4.69) is 9.46 Å². The summed E-state index contributed by atoms with van der Waals surface area (Å²) < 4.78 is 31.4. The summed E-state index contributed by atoms with van der Waals surface area (Å²) in [6.07, 6.45) is 0. The fourth-order valence-electron chi connectivity index (χ4n) is 1.50. The maximum Gasteiger partial charge on any atom is 0.350 e. The Bertz CT molecular complexity index is 739. The van der Waals surface area contributed by atoms with E-state index in [0.717, 1.165) is 11.3 Å². The van der Waals surface area contributed by atoms with Gasteiger partial charge in [-0.3, -0.25) is 4.72 Å². The number of esters is 1. The average Bonchev–Trinajstić information content (AvgIpc) is 2.85. The van der Waals surface area contributed by atoms with Gasteiger partial charge in [0.05, 0.1) is 17.8 Å². The Morgan fingerprint density at radius 1 is 1.30 bits per heavy atom. The summed E-state index contributed by atoms with van der Waals surface area (Å²) in [5, 5.41) is 1.70. The van der Waals surface area contributed by atoms with Crippen LogP contribution in [-0.2, 0) is 14.8 Å². The molecule has 0 aliphatic rings. The Morgan fingerprint density at radius 2 is 2.00 bits per heavy atom. The van der Waals surface area contributed by atoms with Gasteiger partial charge in [-0.15, -0.1) is 11.3 Å². The maximum absolute atomic E-state index is 12.2. The predicted octanol–water partition coefficient (Wildman–Crippen LogP) is 2.99. The lowest BCUT2D eigenvalue weighted by Crippen LogP contribution is -2.15. The van der Waals surface area contributed by atoms with Crippen LogP contribution < -0.4 is 4.72 Å². The second kappa shape index (κ2) is 5.82. The minimum absolute atomic E-state index is 0.0521. The van der Waals surface area contributed by atoms with E-state index in [1.807, 2.05) is 0 Å². The molecule has 106 valence electrons. The number of ether oxygens (including phenoxy) is 1. The highest BCUT2D eigenvalue weighted by molar-refractivity contribution is 7.92. The van der Waals surface area contributed by atoms with Crippen molar-refractivity contribution in [2.75, 3.05) is 11.8 Å². The average molecular weight is 332 g/mol. The van der Waals surface area contributed by atoms with Crippen molar-refractivity contribution in [3.8, 4) is 0 Å². The first kappa shape index (κ1) is 14.8. The predicted molar refractivity (Wildman–Crippen MR) is 77.9 cm³/mol. The van der Waals surface area contributed by atoms with Crippen LogP contribution in [0.15, 0.2) is 40.6 Å². The van der Waals surface area contributed by atoms with Crippen molar-refractivity contribution in [3.05, 3.63) is 45.6 Å². The molecule has 2 aromatic rings. The standard InChI is InChI=1S/C12H10ClNO4S2/c1-18-12(15)11-9(6-7-19-11)14-20(16,17)10-5-3-2-4-8(10)13/h2-7,14H,1H3. The molecule has 1 aromatic heterocycles. The molecule has 0 unspecified atom stereocenters. The summed E-state index contributed by atoms with van der Waals surface area (Å²) in [5.41, 5.74) is 0.168. The van der Waals surface area contributed by atoms with Gasteiger partial charge in [0.25, 0.3) is 10.0 Å². The highest BCUT2D eigenvalue weighted by Crippen LogP contribution is 2.28. The van der Waals surface area contributed by atoms with Crippen molar-refractivity contribution in [2.45, 2.75) is 4.90 Å². The Balaban J connectivity index is 2.37. The normalized spacial score (nSPS) is 11.1. The van der Waals surface area contributed by atoms with Gasteiger partial charge in [0.15, 0.2) is 0 Å². The number of rotatable bonds is 4. The summed E-state index contributed by atoms with van der Waals surface area (Å²) in [6, 6.07) is 7.55. The van der Waals surface area contributed by atoms with Crippen molar-refractivity contribution in [1.29, 1.82) is 0 Å². The summed E-state index contributed by atoms with van der Waals surface area (Å²) in [4.78, 5) is 11.6. The molecule has 0 amide bonds. The number of methoxy groups -OCH3 is 1. The van der Waals surface area contributed by atoms with Gasteiger partial charge in [-0.05, 0) is 23.6 Å². The number of halogens is 1. The number of nitrogens with one attached hydrogen (secondary N) is 1. The molecule has 0 spiro atoms. The SMILES string of the molecule is COC(=O)c1sccc1NS(=O)(=O)c1ccccc1Cl. The third-order valence-electron chi connectivity index (χ3n) is 2.41. The molecule has 0 saturated carbocycles. The van der Waals surface area contributed by atoms with Gasteiger partial charge in [0.2, 0.25) is 0 Å². The first-order valence-corrected chi connectivity index (χ1v) is 8.13. The minimum atomic E-state index is -3.86. The van der Waals surface area contributed by atoms with E-state index < -0.39 is 16.0 Å². The second-order valence-corrected chi connectivity index (χ2v) is 6.67. The molecule has 2 rings (SSSR count). The van der Waals surface area contributed by atoms with Gasteiger partial charge >= 0.3 is 5.97 Å². The lowest BCUT2D eigenvalue weighted by Gasteiger charge is -2.09. The Hall–Kier alpha value is -1.57. The molecule has 1 aromatic carbocycles. The van der Waals surface area contributed by atoms with Gasteiger partial charge in [-0.1, -0.05) is 23.7 Å². The molecular formula is C12H10ClNO4S2. The minimum Gasteiger partial charge on any atom is -0.465 e. The van der Waals surface area contributed by atoms with Gasteiger partial charge in [-0.25, -0.2) is 13.2 Å². The maximum atomic E-state index is 12.2. The molecule has 0 atom stereocenters. The molecule has 0 saturated heterocycles. The number of hydrogen-bond acceptors (Lipinski definition) is 5. The van der Waals surface area contributed by atoms with Crippen LogP contribution in [-0.4, -0.2) is 21.5 Å². The monoisotopic (exact) mass is 331 g/mol. The largest absolute Gasteiger partial charge is 0.465 e. The van der Waals surface area contributed by atoms with Crippen LogP contribution in [0.2, 0.25) is 5.02 Å². The van der Waals surface area contributed by atoms with Gasteiger partial charge in [0.1, 0.15) is 9.77 Å². The smallest absolute Gasteiger partial charge is 0.350 e. The van der Waals surface area contributed by atoms with Crippen LogP contribution in [0.3, 0.4) is 0 Å². The van der Waals surface area contributed by atoms with Gasteiger partial charge in [-0.2, -0.15) is 0 Å². The van der Waals surface area contributed by atoms with Crippen LogP contribution in [0, 0.1) is 0 Å². The quantitative estimate of drug-likeness (QED) is 0.874. The molecule has 1 heterocycles. The Labute approximate surface area is 125 Å². The van der Waals surface area contributed by atoms with Gasteiger partial charge in [0, 0.05) is 0 Å². The van der Waals surface area contributed by atoms with E-state index in [-0.39, 0.29) is 20.5 Å². The van der Waals surface area contributed by atoms with E-state index in [0.29, 0.717) is 0 Å². The zero-order valence-electron chi connectivity index (χ0n) is 10.3. The first-order valence-electron chi connectivity index (χ1n) is 5.39. The number of sulfonamides is 1. The van der Waals surface area contributed by atoms with E-state index in [1.165, 1.54) is 25.3 Å². The highest BCUT2D eigenvalue weighted by Gasteiger charge is 2.22. The number of thiophene rings is 1. The van der Waals surface area contributed by atoms with Crippen LogP contribution in [0.4, 0.5) is 5.69 Å². The van der Waals surface area contributed by atoms with Crippen LogP contribution in [0.1, 0.15) is 9.67 Å². The lowest BCUT2D eigenvalue weighted by molar-refractivity contribution is 0.0607. The molecule has 0 aliphatic carbocycles. The van der Waals surface area contributed by atoms with E-state index in [4.69, 9.17) is 11.6 Å². The number of carbonyl (C=O) groups excluding carboxylic acids is 1. The first-order chi connectivity index (χ1) is 9.45. The molecule has 8 heteroatoms. The van der Waals surface area contributed by atoms with Crippen molar-refractivity contribution >= 4 is 44.6 Å². The van der Waals surface area contributed by atoms with Crippen LogP contribution in [0.5, 0.6) is 0 Å². The van der Waals surface area contributed by atoms with Crippen molar-refractivity contribution in [1.82, 2.24) is 0 Å². The number of anilines is 1. The van der Waals surface area contributed by atoms with Crippen LogP contribution >= 0.6 is 22.9 Å². The summed E-state index contributed by atoms with van der Waals surface area (Å²) in [6.45, 7) is 0. The number of benzene rings is 1. The second-order valence-electron chi connectivity index (χ2n) is 3.69. The Kier molecular flexibility index (Phi) is 4.32. The van der Waals surface area contributed by atoms with Crippen LogP contribution in [0.25, 0.3) is 0 Å². The molecule has 0 aliphatic heterocycles. The number of carbonyl (C=O) groups is 1. The fraction of sp³-hybridized carbons (Fsp3) is 0.0833. The van der Waals surface area contributed by atoms with E-state index >= 15 is 0 Å². The van der Waals surface area contributed by atoms with Crippen molar-refractivity contribution in [2.24, 2.45) is 0 Å². The molecule has 20 heavy (non-hydrogen) atoms. The van der Waals surface area contributed by atoms with Crippen molar-refractivity contribution in [3.63, 3.8) is 0 Å². The Morgan fingerprint density at radius 3 is 2.65 bits per heavy atom. The van der Waals surface area contributed by atoms with Crippen molar-refractivity contribution < 1.29 is 17.9 Å². The molecule has 0 fully saturated rings. The molecule has 5 nitrogen and oxygen atoms in total. The topological polar surface area (TPSA) is 72.5 Å². The molecule has 0 bridgehead atoms. The van der Waals surface area contributed by atoms with E-state index in [9.17, 15) is 13.2 Å². The zero-order chi connectivity index (χ0) is 14.8. The van der Waals surface area contributed by atoms with Gasteiger partial charge < -0.3 is 4.74 Å². The molecular weight excluding hydrogens is 322 g/mol. The third kappa shape index (κ3) is 2.95. The summed E-state index contributed by atoms with van der Waals surface area (Å²) >= 11 is 6.96. The summed E-state index contributed by atoms with van der Waals surface area (Å²) in [7, 11) is -2.63. The fourth-order valence-corrected chi connectivity index (χ4v) is 3.93. The molecule has 1 N–H and O–H groups in total. The van der Waals surface area contributed by atoms with E-state index in [1.54, 1.807) is 17.5 Å². The zero-order valence-corrected chi connectivity index (χ0v) is 12.7. The molecule has 0 radical (unpaired) electrons. The summed E-state index contributed by atoms with van der Waals surface area (Å²) in [5.74, 6) is -0.600. The number of hydrogen-bond donors (Lipinski definition) is 1.